The lowest BCUT2D eigenvalue weighted by molar-refractivity contribution is 0.669. The van der Waals surface area contributed by atoms with Gasteiger partial charge in [-0.25, -0.2) is 9.97 Å². The Balaban J connectivity index is 1.18. The fraction of sp³-hybridized carbons (Fsp3) is 0. The predicted octanol–water partition coefficient (Wildman–Crippen LogP) is 12.8. The number of nitrogens with zero attached hydrogens (tertiary/aromatic N) is 3. The van der Waals surface area contributed by atoms with E-state index in [-0.39, 0.29) is 0 Å². The van der Waals surface area contributed by atoms with Crippen LogP contribution in [0.3, 0.4) is 0 Å². The third-order valence-electron chi connectivity index (χ3n) is 10.0. The first-order chi connectivity index (χ1) is 25.3. The third-order valence-corrected chi connectivity index (χ3v) is 11.3. The Morgan fingerprint density at radius 3 is 1.98 bits per heavy atom. The van der Waals surface area contributed by atoms with Gasteiger partial charge in [-0.2, -0.15) is 0 Å². The molecule has 0 radical (unpaired) electrons. The molecule has 0 fully saturated rings. The minimum atomic E-state index is 0.709. The first-order valence-electron chi connectivity index (χ1n) is 17.1. The van der Waals surface area contributed by atoms with Crippen molar-refractivity contribution < 1.29 is 4.42 Å². The maximum atomic E-state index is 6.16. The zero-order valence-corrected chi connectivity index (χ0v) is 28.1. The van der Waals surface area contributed by atoms with Crippen LogP contribution in [0, 0.1) is 0 Å². The van der Waals surface area contributed by atoms with Crippen LogP contribution in [0.4, 0.5) is 0 Å². The van der Waals surface area contributed by atoms with Gasteiger partial charge in [0.2, 0.25) is 0 Å². The molecule has 0 amide bonds. The van der Waals surface area contributed by atoms with Gasteiger partial charge in [0.25, 0.3) is 0 Å². The maximum Gasteiger partial charge on any atom is 0.161 e. The highest BCUT2D eigenvalue weighted by molar-refractivity contribution is 7.27. The van der Waals surface area contributed by atoms with Gasteiger partial charge in [-0.15, -0.1) is 11.3 Å². The summed E-state index contributed by atoms with van der Waals surface area (Å²) in [7, 11) is 0. The second-order valence-corrected chi connectivity index (χ2v) is 14.0. The van der Waals surface area contributed by atoms with E-state index in [2.05, 4.69) is 150 Å². The smallest absolute Gasteiger partial charge is 0.161 e. The van der Waals surface area contributed by atoms with Gasteiger partial charge in [0.05, 0.1) is 27.1 Å². The fourth-order valence-electron chi connectivity index (χ4n) is 7.68. The number of para-hydroxylation sites is 3. The average Bonchev–Trinajstić information content (AvgIpc) is 3.88. The minimum absolute atomic E-state index is 0.709. The molecule has 0 aliphatic heterocycles. The molecule has 5 heteroatoms. The van der Waals surface area contributed by atoms with E-state index < -0.39 is 0 Å². The molecule has 7 aromatic carbocycles. The molecule has 0 aliphatic rings. The molecular weight excluding hydrogens is 643 g/mol. The van der Waals surface area contributed by atoms with Crippen molar-refractivity contribution in [3.05, 3.63) is 164 Å². The molecule has 4 heterocycles. The summed E-state index contributed by atoms with van der Waals surface area (Å²) < 4.78 is 11.0. The van der Waals surface area contributed by atoms with Gasteiger partial charge in [-0.05, 0) is 54.6 Å². The molecule has 4 aromatic heterocycles. The number of benzene rings is 7. The summed E-state index contributed by atoms with van der Waals surface area (Å²) in [5.74, 6) is 0.709. The van der Waals surface area contributed by atoms with Crippen molar-refractivity contribution in [2.24, 2.45) is 0 Å². The van der Waals surface area contributed by atoms with E-state index in [1.54, 1.807) is 0 Å². The molecule has 0 saturated carbocycles. The average molecular weight is 670 g/mol. The summed E-state index contributed by atoms with van der Waals surface area (Å²) in [5, 5.41) is 7.13. The van der Waals surface area contributed by atoms with Gasteiger partial charge >= 0.3 is 0 Å². The summed E-state index contributed by atoms with van der Waals surface area (Å²) >= 11 is 1.83. The van der Waals surface area contributed by atoms with Gasteiger partial charge in [0.15, 0.2) is 5.82 Å². The molecule has 51 heavy (non-hydrogen) atoms. The Labute approximate surface area is 296 Å². The molecule has 0 atom stereocenters. The molecule has 0 saturated heterocycles. The normalized spacial score (nSPS) is 11.9. The zero-order chi connectivity index (χ0) is 33.5. The van der Waals surface area contributed by atoms with E-state index in [1.807, 2.05) is 29.5 Å². The number of fused-ring (bicyclic) bond motifs is 10. The summed E-state index contributed by atoms with van der Waals surface area (Å²) in [6.45, 7) is 0. The van der Waals surface area contributed by atoms with Crippen molar-refractivity contribution in [2.45, 2.75) is 0 Å². The van der Waals surface area contributed by atoms with Crippen molar-refractivity contribution in [3.8, 4) is 39.6 Å². The Hall–Kier alpha value is -6.56. The first kappa shape index (κ1) is 28.3. The molecule has 11 rings (SSSR count). The van der Waals surface area contributed by atoms with E-state index in [9.17, 15) is 0 Å². The molecule has 4 nitrogen and oxygen atoms in total. The van der Waals surface area contributed by atoms with Crippen molar-refractivity contribution in [1.29, 1.82) is 0 Å². The van der Waals surface area contributed by atoms with Gasteiger partial charge in [0, 0.05) is 59.4 Å². The molecule has 0 bridgehead atoms. The van der Waals surface area contributed by atoms with Gasteiger partial charge < -0.3 is 8.98 Å². The highest BCUT2D eigenvalue weighted by atomic mass is 32.1. The molecule has 0 spiro atoms. The molecule has 11 aromatic rings. The highest BCUT2D eigenvalue weighted by Crippen LogP contribution is 2.45. The number of thiophene rings is 1. The van der Waals surface area contributed by atoms with Gasteiger partial charge in [0.1, 0.15) is 11.2 Å². The van der Waals surface area contributed by atoms with Gasteiger partial charge in [-0.3, -0.25) is 0 Å². The number of hydrogen-bond acceptors (Lipinski definition) is 4. The van der Waals surface area contributed by atoms with Crippen LogP contribution in [0.25, 0.3) is 104 Å². The molecule has 0 unspecified atom stereocenters. The standard InChI is InChI=1S/C46H27N3OS/c1-3-12-28(13-4-1)38-27-39(29-22-25-42-37(26-29)32-17-8-10-21-41(32)50-42)48-46(47-38)36-19-11-18-34-35-24-23-33-31-16-7-9-20-40(31)49(30-14-5-2-6-15-30)43(33)45(35)51-44(34)36/h1-27H. The van der Waals surface area contributed by atoms with E-state index in [4.69, 9.17) is 14.4 Å². The third kappa shape index (κ3) is 4.32. The maximum absolute atomic E-state index is 6.16. The quantitative estimate of drug-likeness (QED) is 0.187. The Bertz CT molecular complexity index is 3140. The monoisotopic (exact) mass is 669 g/mol. The lowest BCUT2D eigenvalue weighted by Gasteiger charge is -2.10. The van der Waals surface area contributed by atoms with E-state index in [0.717, 1.165) is 55.7 Å². The van der Waals surface area contributed by atoms with Crippen molar-refractivity contribution in [2.75, 3.05) is 0 Å². The zero-order valence-electron chi connectivity index (χ0n) is 27.2. The summed E-state index contributed by atoms with van der Waals surface area (Å²) in [6.07, 6.45) is 0. The van der Waals surface area contributed by atoms with Crippen LogP contribution in [-0.2, 0) is 0 Å². The summed E-state index contributed by atoms with van der Waals surface area (Å²) in [4.78, 5) is 10.6. The Kier molecular flexibility index (Phi) is 6.09. The molecule has 238 valence electrons. The van der Waals surface area contributed by atoms with Crippen LogP contribution in [0.2, 0.25) is 0 Å². The van der Waals surface area contributed by atoms with E-state index in [0.29, 0.717) is 5.82 Å². The Morgan fingerprint density at radius 1 is 0.451 bits per heavy atom. The van der Waals surface area contributed by atoms with Crippen LogP contribution in [-0.4, -0.2) is 14.5 Å². The van der Waals surface area contributed by atoms with Crippen molar-refractivity contribution in [1.82, 2.24) is 14.5 Å². The van der Waals surface area contributed by atoms with E-state index in [1.165, 1.54) is 42.0 Å². The number of aromatic nitrogens is 3. The van der Waals surface area contributed by atoms with Crippen LogP contribution in [0.15, 0.2) is 168 Å². The summed E-state index contributed by atoms with van der Waals surface area (Å²) in [5.41, 5.74) is 10.2. The fourth-order valence-corrected chi connectivity index (χ4v) is 9.03. The number of furan rings is 1. The minimum Gasteiger partial charge on any atom is -0.456 e. The van der Waals surface area contributed by atoms with E-state index >= 15 is 0 Å². The van der Waals surface area contributed by atoms with Gasteiger partial charge in [-0.1, -0.05) is 109 Å². The van der Waals surface area contributed by atoms with Crippen molar-refractivity contribution in [3.63, 3.8) is 0 Å². The lowest BCUT2D eigenvalue weighted by Crippen LogP contribution is -1.96. The van der Waals surface area contributed by atoms with Crippen LogP contribution in [0.5, 0.6) is 0 Å². The van der Waals surface area contributed by atoms with Crippen molar-refractivity contribution >= 4 is 75.3 Å². The molecule has 0 aliphatic carbocycles. The highest BCUT2D eigenvalue weighted by Gasteiger charge is 2.20. The topological polar surface area (TPSA) is 43.9 Å². The second-order valence-electron chi connectivity index (χ2n) is 12.9. The number of rotatable bonds is 4. The first-order valence-corrected chi connectivity index (χ1v) is 17.9. The Morgan fingerprint density at radius 2 is 1.12 bits per heavy atom. The second kappa shape index (κ2) is 11.0. The van der Waals surface area contributed by atoms with Crippen LogP contribution in [0.1, 0.15) is 0 Å². The molecular formula is C46H27N3OS. The SMILES string of the molecule is c1ccc(-c2cc(-c3ccc4oc5ccccc5c4c3)nc(-c3cccc4c3sc3c4ccc4c5ccccc5n(-c5ccccc5)c43)n2)cc1. The number of hydrogen-bond donors (Lipinski definition) is 0. The van der Waals surface area contributed by atoms with Crippen LogP contribution >= 0.6 is 11.3 Å². The lowest BCUT2D eigenvalue weighted by atomic mass is 10.0. The largest absolute Gasteiger partial charge is 0.456 e. The van der Waals surface area contributed by atoms with Crippen LogP contribution < -0.4 is 0 Å². The predicted molar refractivity (Wildman–Crippen MR) is 213 cm³/mol. The molecule has 0 N–H and O–H groups in total. The summed E-state index contributed by atoms with van der Waals surface area (Å²) in [6, 6.07) is 57.6.